The largest absolute Gasteiger partial charge is 0.0470 e. The Hall–Kier alpha value is 0. The van der Waals surface area contributed by atoms with Gasteiger partial charge in [0, 0.05) is 0 Å². The highest BCUT2D eigenvalue weighted by molar-refractivity contribution is 5.22. The van der Waals surface area contributed by atoms with Crippen molar-refractivity contribution in [2.75, 3.05) is 0 Å². The van der Waals surface area contributed by atoms with Crippen LogP contribution in [0.3, 0.4) is 0 Å². The lowest BCUT2D eigenvalue weighted by atomic mass is 9.52. The van der Waals surface area contributed by atoms with Crippen LogP contribution in [0.4, 0.5) is 0 Å². The van der Waals surface area contributed by atoms with Gasteiger partial charge in [0.15, 0.2) is 0 Å². The normalized spacial score (nSPS) is 52.4. The van der Waals surface area contributed by atoms with Crippen LogP contribution >= 0.6 is 0 Å². The molecule has 5 fully saturated rings. The van der Waals surface area contributed by atoms with Crippen molar-refractivity contribution >= 4 is 0 Å². The predicted octanol–water partition coefficient (Wildman–Crippen LogP) is 2.98. The van der Waals surface area contributed by atoms with Gasteiger partial charge in [-0.1, -0.05) is 0 Å². The van der Waals surface area contributed by atoms with Gasteiger partial charge >= 0.3 is 0 Å². The Morgan fingerprint density at radius 1 is 0.909 bits per heavy atom. The summed E-state index contributed by atoms with van der Waals surface area (Å²) in [6, 6.07) is 0. The first-order chi connectivity index (χ1) is 5.35. The maximum absolute atomic E-state index is 1.64. The Bertz CT molecular complexity index is 214. The van der Waals surface area contributed by atoms with Crippen LogP contribution in [0.5, 0.6) is 0 Å². The van der Waals surface area contributed by atoms with Crippen molar-refractivity contribution < 1.29 is 0 Å². The summed E-state index contributed by atoms with van der Waals surface area (Å²) in [6.45, 7) is 0. The molecule has 5 rings (SSSR count). The fraction of sp³-hybridized carbons (Fsp3) is 1.00. The first-order valence-corrected chi connectivity index (χ1v) is 5.35. The summed E-state index contributed by atoms with van der Waals surface area (Å²) in [5.41, 5.74) is 1.92. The molecule has 0 aromatic carbocycles. The van der Waals surface area contributed by atoms with E-state index < -0.39 is 0 Å². The molecule has 0 nitrogen and oxygen atoms in total. The van der Waals surface area contributed by atoms with Gasteiger partial charge in [-0.25, -0.2) is 0 Å². The lowest BCUT2D eigenvalue weighted by Gasteiger charge is -2.53. The zero-order valence-corrected chi connectivity index (χ0v) is 7.10. The average Bonchev–Trinajstić information content (AvgIpc) is 2.66. The van der Waals surface area contributed by atoms with E-state index in [-0.39, 0.29) is 0 Å². The Balaban J connectivity index is 1.81. The zero-order chi connectivity index (χ0) is 7.10. The van der Waals surface area contributed by atoms with E-state index in [0.717, 1.165) is 10.8 Å². The fourth-order valence-corrected chi connectivity index (χ4v) is 4.47. The number of hydrogen-bond acceptors (Lipinski definition) is 0. The summed E-state index contributed by atoms with van der Waals surface area (Å²) in [5.74, 6) is 2.40. The quantitative estimate of drug-likeness (QED) is 0.495. The van der Waals surface area contributed by atoms with Crippen molar-refractivity contribution in [3.05, 3.63) is 0 Å². The molecule has 0 atom stereocenters. The average molecular weight is 148 g/mol. The molecule has 0 heterocycles. The summed E-state index contributed by atoms with van der Waals surface area (Å²) >= 11 is 0. The third-order valence-corrected chi connectivity index (χ3v) is 5.40. The first kappa shape index (κ1) is 5.61. The van der Waals surface area contributed by atoms with Crippen LogP contribution in [0.15, 0.2) is 0 Å². The molecule has 5 aliphatic rings. The molecule has 11 heavy (non-hydrogen) atoms. The smallest absolute Gasteiger partial charge is 0.0212 e. The van der Waals surface area contributed by atoms with Crippen molar-refractivity contribution in [3.8, 4) is 0 Å². The van der Waals surface area contributed by atoms with E-state index in [1.807, 2.05) is 0 Å². The van der Waals surface area contributed by atoms with Crippen LogP contribution in [0.25, 0.3) is 0 Å². The molecule has 0 aliphatic heterocycles. The summed E-state index contributed by atoms with van der Waals surface area (Å²) in [5, 5.41) is 0. The Kier molecular flexibility index (Phi) is 0.661. The number of hydrogen-bond donors (Lipinski definition) is 0. The van der Waals surface area contributed by atoms with Crippen molar-refractivity contribution in [2.45, 2.75) is 44.9 Å². The molecule has 5 aliphatic carbocycles. The van der Waals surface area contributed by atoms with E-state index in [2.05, 4.69) is 0 Å². The van der Waals surface area contributed by atoms with Gasteiger partial charge in [0.1, 0.15) is 0 Å². The van der Waals surface area contributed by atoms with Crippen LogP contribution < -0.4 is 0 Å². The highest BCUT2D eigenvalue weighted by Crippen LogP contribution is 2.82. The van der Waals surface area contributed by atoms with Gasteiger partial charge < -0.3 is 0 Å². The molecule has 5 saturated carbocycles. The van der Waals surface area contributed by atoms with Gasteiger partial charge in [-0.2, -0.15) is 0 Å². The summed E-state index contributed by atoms with van der Waals surface area (Å²) in [4.78, 5) is 0. The summed E-state index contributed by atoms with van der Waals surface area (Å²) in [7, 11) is 0. The van der Waals surface area contributed by atoms with E-state index in [1.54, 1.807) is 44.9 Å². The molecule has 0 unspecified atom stereocenters. The second-order valence-corrected chi connectivity index (χ2v) is 5.67. The monoisotopic (exact) mass is 148 g/mol. The minimum Gasteiger partial charge on any atom is -0.0470 e. The summed E-state index contributed by atoms with van der Waals surface area (Å²) < 4.78 is 0. The maximum atomic E-state index is 1.64. The Labute approximate surface area is 68.4 Å². The van der Waals surface area contributed by atoms with Crippen molar-refractivity contribution in [3.63, 3.8) is 0 Å². The van der Waals surface area contributed by atoms with Gasteiger partial charge in [-0.15, -0.1) is 0 Å². The SMILES string of the molecule is C1C2CC1C1(CC1)C1(CC1)C2. The van der Waals surface area contributed by atoms with Crippen LogP contribution in [-0.4, -0.2) is 0 Å². The summed E-state index contributed by atoms with van der Waals surface area (Å²) in [6.07, 6.45) is 11.3. The Morgan fingerprint density at radius 3 is 2.09 bits per heavy atom. The van der Waals surface area contributed by atoms with E-state index >= 15 is 0 Å². The molecule has 0 amide bonds. The van der Waals surface area contributed by atoms with E-state index in [9.17, 15) is 0 Å². The first-order valence-electron chi connectivity index (χ1n) is 5.35. The molecule has 0 radical (unpaired) electrons. The fourth-order valence-electron chi connectivity index (χ4n) is 4.47. The third-order valence-electron chi connectivity index (χ3n) is 5.40. The van der Waals surface area contributed by atoms with Gasteiger partial charge in [0.25, 0.3) is 0 Å². The van der Waals surface area contributed by atoms with E-state index in [1.165, 1.54) is 11.8 Å². The van der Waals surface area contributed by atoms with E-state index in [0.29, 0.717) is 0 Å². The van der Waals surface area contributed by atoms with E-state index in [4.69, 9.17) is 0 Å². The highest BCUT2D eigenvalue weighted by atomic mass is 14.8. The molecule has 0 aromatic rings. The molecule has 0 heteroatoms. The van der Waals surface area contributed by atoms with Crippen molar-refractivity contribution in [1.82, 2.24) is 0 Å². The molecule has 60 valence electrons. The molecule has 0 aromatic heterocycles. The maximum Gasteiger partial charge on any atom is -0.0212 e. The standard InChI is InChI=1S/C11H16/c1-2-10(1)7-8-5-9(6-8)11(10)3-4-11/h8-9H,1-7H2. The van der Waals surface area contributed by atoms with Gasteiger partial charge in [-0.05, 0) is 67.6 Å². The minimum absolute atomic E-state index is 0.957. The number of rotatable bonds is 0. The van der Waals surface area contributed by atoms with Crippen LogP contribution in [-0.2, 0) is 0 Å². The lowest BCUT2D eigenvalue weighted by molar-refractivity contribution is -0.0354. The van der Waals surface area contributed by atoms with Crippen molar-refractivity contribution in [2.24, 2.45) is 22.7 Å². The second-order valence-electron chi connectivity index (χ2n) is 5.67. The van der Waals surface area contributed by atoms with Gasteiger partial charge in [0.05, 0.1) is 0 Å². The Morgan fingerprint density at radius 2 is 1.64 bits per heavy atom. The predicted molar refractivity (Wildman–Crippen MR) is 44.2 cm³/mol. The molecule has 2 spiro atoms. The van der Waals surface area contributed by atoms with Crippen LogP contribution in [0.2, 0.25) is 0 Å². The lowest BCUT2D eigenvalue weighted by Crippen LogP contribution is -2.44. The third kappa shape index (κ3) is 0.443. The van der Waals surface area contributed by atoms with Gasteiger partial charge in [0.2, 0.25) is 0 Å². The van der Waals surface area contributed by atoms with Crippen LogP contribution in [0.1, 0.15) is 44.9 Å². The molecule has 0 N–H and O–H groups in total. The minimum atomic E-state index is 0.957. The molecular formula is C11H16. The second kappa shape index (κ2) is 1.30. The van der Waals surface area contributed by atoms with Crippen molar-refractivity contribution in [1.29, 1.82) is 0 Å². The van der Waals surface area contributed by atoms with Crippen LogP contribution in [0, 0.1) is 22.7 Å². The topological polar surface area (TPSA) is 0 Å². The molecule has 2 bridgehead atoms. The molecular weight excluding hydrogens is 132 g/mol. The zero-order valence-electron chi connectivity index (χ0n) is 7.10. The van der Waals surface area contributed by atoms with Gasteiger partial charge in [-0.3, -0.25) is 0 Å². The molecule has 0 saturated heterocycles. The highest BCUT2D eigenvalue weighted by Gasteiger charge is 2.73.